The van der Waals surface area contributed by atoms with E-state index >= 15 is 0 Å². The first-order valence-corrected chi connectivity index (χ1v) is 15.3. The van der Waals surface area contributed by atoms with Crippen LogP contribution in [0.3, 0.4) is 0 Å². The van der Waals surface area contributed by atoms with Crippen LogP contribution in [0.1, 0.15) is 23.5 Å². The monoisotopic (exact) mass is 327 g/mol. The first kappa shape index (κ1) is 17.7. The van der Waals surface area contributed by atoms with E-state index in [1.165, 1.54) is 9.69 Å². The molecule has 0 N–H and O–H groups in total. The summed E-state index contributed by atoms with van der Waals surface area (Å²) in [5, 5.41) is 1.36. The van der Waals surface area contributed by atoms with E-state index in [0.717, 1.165) is 18.0 Å². The third-order valence-corrected chi connectivity index (χ3v) is 10.4. The molecule has 0 aliphatic carbocycles. The lowest BCUT2D eigenvalue weighted by Crippen LogP contribution is -2.43. The number of carbonyl (C=O) groups excluding carboxylic acids is 1. The Morgan fingerprint density at radius 1 is 1.05 bits per heavy atom. The molecule has 5 heteroatoms. The van der Waals surface area contributed by atoms with Gasteiger partial charge in [-0.3, -0.25) is 4.79 Å². The van der Waals surface area contributed by atoms with Crippen molar-refractivity contribution in [3.63, 3.8) is 0 Å². The zero-order valence-electron chi connectivity index (χ0n) is 14.3. The van der Waals surface area contributed by atoms with E-state index in [2.05, 4.69) is 59.2 Å². The Morgan fingerprint density at radius 2 is 1.55 bits per heavy atom. The second kappa shape index (κ2) is 6.16. The van der Waals surface area contributed by atoms with Gasteiger partial charge in [-0.2, -0.15) is 0 Å². The van der Waals surface area contributed by atoms with E-state index in [9.17, 15) is 4.79 Å². The normalized spacial score (nSPS) is 12.6. The highest BCUT2D eigenvalue weighted by molar-refractivity contribution is 7.29. The van der Waals surface area contributed by atoms with Crippen molar-refractivity contribution >= 4 is 43.1 Å². The maximum Gasteiger partial charge on any atom is 0.263 e. The van der Waals surface area contributed by atoms with Crippen LogP contribution in [0.4, 0.5) is 0 Å². The van der Waals surface area contributed by atoms with Crippen molar-refractivity contribution in [3.05, 3.63) is 10.9 Å². The molecule has 0 spiro atoms. The lowest BCUT2D eigenvalue weighted by atomic mass is 10.4. The predicted octanol–water partition coefficient (Wildman–Crippen LogP) is 3.32. The summed E-state index contributed by atoms with van der Waals surface area (Å²) in [6, 6.07) is 2.36. The van der Waals surface area contributed by atoms with Gasteiger partial charge < -0.3 is 4.90 Å². The van der Waals surface area contributed by atoms with Crippen LogP contribution >= 0.6 is 11.3 Å². The molecule has 0 atom stereocenters. The summed E-state index contributed by atoms with van der Waals surface area (Å²) in [4.78, 5) is 15.8. The maximum atomic E-state index is 12.8. The van der Waals surface area contributed by atoms with Crippen LogP contribution in [-0.4, -0.2) is 40.0 Å². The Labute approximate surface area is 130 Å². The van der Waals surface area contributed by atoms with Gasteiger partial charge in [-0.15, -0.1) is 11.3 Å². The van der Waals surface area contributed by atoms with Crippen LogP contribution < -0.4 is 9.69 Å². The molecular formula is C15H29NOSSi2. The van der Waals surface area contributed by atoms with Crippen molar-refractivity contribution in [2.45, 2.75) is 53.1 Å². The Kier molecular flexibility index (Phi) is 5.43. The fourth-order valence-electron chi connectivity index (χ4n) is 2.13. The maximum absolute atomic E-state index is 12.8. The highest BCUT2D eigenvalue weighted by Gasteiger charge is 2.31. The van der Waals surface area contributed by atoms with Gasteiger partial charge >= 0.3 is 0 Å². The molecule has 0 aliphatic rings. The molecule has 0 saturated heterocycles. The molecular weight excluding hydrogens is 298 g/mol. The predicted molar refractivity (Wildman–Crippen MR) is 97.5 cm³/mol. The number of hydrogen-bond acceptors (Lipinski definition) is 2. The summed E-state index contributed by atoms with van der Waals surface area (Å²) in [6.07, 6.45) is 0. The van der Waals surface area contributed by atoms with Crippen LogP contribution in [-0.2, 0) is 0 Å². The van der Waals surface area contributed by atoms with E-state index < -0.39 is 16.1 Å². The molecule has 1 amide bonds. The van der Waals surface area contributed by atoms with Crippen molar-refractivity contribution in [3.8, 4) is 0 Å². The van der Waals surface area contributed by atoms with E-state index in [-0.39, 0.29) is 5.91 Å². The van der Waals surface area contributed by atoms with Gasteiger partial charge in [-0.05, 0) is 23.5 Å². The number of hydrogen-bond donors (Lipinski definition) is 0. The molecule has 20 heavy (non-hydrogen) atoms. The molecule has 1 aromatic rings. The third-order valence-electron chi connectivity index (χ3n) is 3.52. The van der Waals surface area contributed by atoms with E-state index in [1.807, 2.05) is 4.90 Å². The third kappa shape index (κ3) is 3.83. The molecule has 0 unspecified atom stereocenters. The fraction of sp³-hybridized carbons (Fsp3) is 0.667. The molecule has 0 fully saturated rings. The summed E-state index contributed by atoms with van der Waals surface area (Å²) in [7, 11) is -2.84. The summed E-state index contributed by atoms with van der Waals surface area (Å²) in [6.45, 7) is 19.8. The zero-order valence-corrected chi connectivity index (χ0v) is 17.1. The van der Waals surface area contributed by atoms with Gasteiger partial charge in [-0.1, -0.05) is 45.3 Å². The molecule has 1 aromatic heterocycles. The van der Waals surface area contributed by atoms with Crippen molar-refractivity contribution in [2.75, 3.05) is 13.1 Å². The van der Waals surface area contributed by atoms with Gasteiger partial charge in [0.2, 0.25) is 0 Å². The summed E-state index contributed by atoms with van der Waals surface area (Å²) in [5.74, 6) is 0.238. The van der Waals surface area contributed by atoms with Gasteiger partial charge in [0, 0.05) is 13.1 Å². The standard InChI is InChI=1S/C15H29NOSSi2/c1-9-16(10-2)15(17)14-12(19(3,4)5)11-13(18-14)20(6,7)8/h11H,9-10H2,1-8H3. The van der Waals surface area contributed by atoms with Crippen molar-refractivity contribution in [1.82, 2.24) is 4.90 Å². The number of amides is 1. The molecule has 0 aromatic carbocycles. The van der Waals surface area contributed by atoms with Crippen LogP contribution in [0.25, 0.3) is 0 Å². The average Bonchev–Trinajstić information content (AvgIpc) is 2.74. The topological polar surface area (TPSA) is 20.3 Å². The van der Waals surface area contributed by atoms with Gasteiger partial charge in [0.25, 0.3) is 5.91 Å². The zero-order chi connectivity index (χ0) is 15.7. The molecule has 0 aliphatic heterocycles. The van der Waals surface area contributed by atoms with Gasteiger partial charge in [0.15, 0.2) is 0 Å². The molecule has 2 nitrogen and oxygen atoms in total. The Bertz CT molecular complexity index is 479. The fourth-order valence-corrected chi connectivity index (χ4v) is 7.71. The number of thiophene rings is 1. The minimum atomic E-state index is -1.48. The van der Waals surface area contributed by atoms with Crippen LogP contribution in [0.5, 0.6) is 0 Å². The first-order valence-electron chi connectivity index (χ1n) is 7.46. The number of nitrogens with zero attached hydrogens (tertiary/aromatic N) is 1. The van der Waals surface area contributed by atoms with E-state index in [1.54, 1.807) is 11.3 Å². The van der Waals surface area contributed by atoms with Gasteiger partial charge in [-0.25, -0.2) is 0 Å². The second-order valence-electron chi connectivity index (χ2n) is 7.33. The first-order chi connectivity index (χ1) is 9.02. The quantitative estimate of drug-likeness (QED) is 0.760. The van der Waals surface area contributed by atoms with E-state index in [0.29, 0.717) is 0 Å². The second-order valence-corrected chi connectivity index (χ2v) is 18.8. The molecule has 1 heterocycles. The lowest BCUT2D eigenvalue weighted by molar-refractivity contribution is 0.0779. The molecule has 1 rings (SSSR count). The largest absolute Gasteiger partial charge is 0.339 e. The summed E-state index contributed by atoms with van der Waals surface area (Å²) >= 11 is 1.77. The minimum absolute atomic E-state index is 0.238. The number of carbonyl (C=O) groups is 1. The molecule has 114 valence electrons. The Morgan fingerprint density at radius 3 is 1.90 bits per heavy atom. The Hall–Kier alpha value is -0.396. The SMILES string of the molecule is CCN(CC)C(=O)c1sc([Si](C)(C)C)cc1[Si](C)(C)C. The smallest absolute Gasteiger partial charge is 0.263 e. The van der Waals surface area contributed by atoms with Crippen molar-refractivity contribution < 1.29 is 4.79 Å². The Balaban J connectivity index is 3.37. The average molecular weight is 328 g/mol. The van der Waals surface area contributed by atoms with Crippen LogP contribution in [0.15, 0.2) is 6.07 Å². The van der Waals surface area contributed by atoms with Crippen molar-refractivity contribution in [1.29, 1.82) is 0 Å². The van der Waals surface area contributed by atoms with Gasteiger partial charge in [0.05, 0.1) is 21.0 Å². The molecule has 0 saturated carbocycles. The molecule has 0 radical (unpaired) electrons. The molecule has 0 bridgehead atoms. The van der Waals surface area contributed by atoms with Crippen LogP contribution in [0, 0.1) is 0 Å². The summed E-state index contributed by atoms with van der Waals surface area (Å²) in [5.41, 5.74) is 0. The van der Waals surface area contributed by atoms with Crippen molar-refractivity contribution in [2.24, 2.45) is 0 Å². The van der Waals surface area contributed by atoms with Crippen LogP contribution in [0.2, 0.25) is 39.3 Å². The highest BCUT2D eigenvalue weighted by Crippen LogP contribution is 2.18. The summed E-state index contributed by atoms with van der Waals surface area (Å²) < 4.78 is 1.46. The minimum Gasteiger partial charge on any atom is -0.339 e. The van der Waals surface area contributed by atoms with Gasteiger partial charge in [0.1, 0.15) is 0 Å². The van der Waals surface area contributed by atoms with E-state index in [4.69, 9.17) is 0 Å². The number of rotatable bonds is 5. The highest BCUT2D eigenvalue weighted by atomic mass is 32.1. The lowest BCUT2D eigenvalue weighted by Gasteiger charge is -2.22.